The van der Waals surface area contributed by atoms with Gasteiger partial charge in [0.1, 0.15) is 4.90 Å². The van der Waals surface area contributed by atoms with Gasteiger partial charge in [-0.25, -0.2) is 13.1 Å². The molecule has 0 radical (unpaired) electrons. The normalized spacial score (nSPS) is 17.9. The first-order chi connectivity index (χ1) is 12.9. The molecule has 2 aliphatic rings. The Balaban J connectivity index is 1.71. The number of nitrogens with zero attached hydrogens (tertiary/aromatic N) is 2. The summed E-state index contributed by atoms with van der Waals surface area (Å²) in [6.45, 7) is 6.76. The number of rotatable bonds is 7. The van der Waals surface area contributed by atoms with Gasteiger partial charge in [-0.3, -0.25) is 9.69 Å². The van der Waals surface area contributed by atoms with Crippen LogP contribution in [0.15, 0.2) is 21.5 Å². The van der Waals surface area contributed by atoms with Crippen LogP contribution in [0.2, 0.25) is 0 Å². The van der Waals surface area contributed by atoms with E-state index in [4.69, 9.17) is 4.74 Å². The number of hydrogen-bond donors (Lipinski definition) is 1. The van der Waals surface area contributed by atoms with Gasteiger partial charge in [0.15, 0.2) is 0 Å². The summed E-state index contributed by atoms with van der Waals surface area (Å²) in [4.78, 5) is 16.3. The zero-order chi connectivity index (χ0) is 19.4. The average molecular weight is 460 g/mol. The van der Waals surface area contributed by atoms with Crippen molar-refractivity contribution in [3.05, 3.63) is 22.2 Å². The molecule has 1 aromatic carbocycles. The molecular weight excluding hydrogens is 434 g/mol. The van der Waals surface area contributed by atoms with Crippen molar-refractivity contribution in [2.75, 3.05) is 50.8 Å². The van der Waals surface area contributed by atoms with E-state index in [1.54, 1.807) is 17.9 Å². The van der Waals surface area contributed by atoms with Crippen molar-refractivity contribution in [1.29, 1.82) is 0 Å². The molecule has 0 saturated carbocycles. The summed E-state index contributed by atoms with van der Waals surface area (Å²) < 4.78 is 34.6. The lowest BCUT2D eigenvalue weighted by molar-refractivity contribution is -0.118. The number of halogens is 1. The topological polar surface area (TPSA) is 79.0 Å². The maximum Gasteiger partial charge on any atom is 0.242 e. The maximum atomic E-state index is 12.9. The maximum absolute atomic E-state index is 12.9. The van der Waals surface area contributed by atoms with Crippen LogP contribution >= 0.6 is 15.9 Å². The van der Waals surface area contributed by atoms with Crippen LogP contribution in [0.5, 0.6) is 0 Å². The van der Waals surface area contributed by atoms with E-state index in [1.165, 1.54) is 0 Å². The molecule has 9 heteroatoms. The van der Waals surface area contributed by atoms with Crippen LogP contribution in [0.4, 0.5) is 5.69 Å². The Morgan fingerprint density at radius 2 is 2.00 bits per heavy atom. The van der Waals surface area contributed by atoms with Crippen LogP contribution in [0, 0.1) is 0 Å². The van der Waals surface area contributed by atoms with E-state index < -0.39 is 10.0 Å². The molecule has 0 spiro atoms. The minimum Gasteiger partial charge on any atom is -0.379 e. The van der Waals surface area contributed by atoms with Gasteiger partial charge in [-0.05, 0) is 37.1 Å². The van der Waals surface area contributed by atoms with Gasteiger partial charge in [0.2, 0.25) is 15.9 Å². The van der Waals surface area contributed by atoms with Crippen LogP contribution in [0.1, 0.15) is 25.3 Å². The summed E-state index contributed by atoms with van der Waals surface area (Å²) in [5, 5.41) is 0. The summed E-state index contributed by atoms with van der Waals surface area (Å²) in [6, 6.07) is 3.49. The predicted molar refractivity (Wildman–Crippen MR) is 108 cm³/mol. The number of sulfonamides is 1. The van der Waals surface area contributed by atoms with Gasteiger partial charge in [-0.2, -0.15) is 0 Å². The fourth-order valence-corrected chi connectivity index (χ4v) is 5.53. The van der Waals surface area contributed by atoms with E-state index in [0.717, 1.165) is 44.8 Å². The Morgan fingerprint density at radius 1 is 1.26 bits per heavy atom. The highest BCUT2D eigenvalue weighted by molar-refractivity contribution is 9.10. The summed E-state index contributed by atoms with van der Waals surface area (Å²) in [6.07, 6.45) is 1.75. The fourth-order valence-electron chi connectivity index (χ4n) is 3.53. The van der Waals surface area contributed by atoms with Gasteiger partial charge in [0.05, 0.1) is 18.9 Å². The summed E-state index contributed by atoms with van der Waals surface area (Å²) >= 11 is 3.40. The first-order valence-electron chi connectivity index (χ1n) is 9.35. The van der Waals surface area contributed by atoms with Crippen molar-refractivity contribution in [3.8, 4) is 0 Å². The lowest BCUT2D eigenvalue weighted by atomic mass is 10.2. The van der Waals surface area contributed by atoms with Gasteiger partial charge in [0, 0.05) is 37.1 Å². The number of nitrogens with one attached hydrogen (secondary N) is 1. The van der Waals surface area contributed by atoms with E-state index in [9.17, 15) is 13.2 Å². The molecule has 7 nitrogen and oxygen atoms in total. The molecule has 1 N–H and O–H groups in total. The second-order valence-electron chi connectivity index (χ2n) is 6.77. The molecule has 0 atom stereocenters. The molecule has 1 aromatic rings. The number of benzene rings is 1. The molecular formula is C18H26BrN3O4S. The standard InChI is InChI=1S/C18H26BrN3O4S/c1-2-17(23)22-7-4-14-12-15(19)13-16(18(14)22)27(24,25)20-5-3-6-21-8-10-26-11-9-21/h12-13,20H,2-11H2,1H3. The zero-order valence-corrected chi connectivity index (χ0v) is 17.9. The van der Waals surface area contributed by atoms with Crippen LogP contribution in [-0.4, -0.2) is 65.2 Å². The number of hydrogen-bond acceptors (Lipinski definition) is 5. The number of carbonyl (C=O) groups is 1. The van der Waals surface area contributed by atoms with Crippen molar-refractivity contribution in [3.63, 3.8) is 0 Å². The van der Waals surface area contributed by atoms with E-state index >= 15 is 0 Å². The van der Waals surface area contributed by atoms with Crippen LogP contribution in [0.3, 0.4) is 0 Å². The zero-order valence-electron chi connectivity index (χ0n) is 15.5. The Labute approximate surface area is 169 Å². The van der Waals surface area contributed by atoms with Crippen molar-refractivity contribution in [1.82, 2.24) is 9.62 Å². The highest BCUT2D eigenvalue weighted by Gasteiger charge is 2.31. The first-order valence-corrected chi connectivity index (χ1v) is 11.6. The molecule has 0 aliphatic carbocycles. The number of amides is 1. The molecule has 2 aliphatic heterocycles. The third-order valence-electron chi connectivity index (χ3n) is 4.93. The minimum atomic E-state index is -3.70. The fraction of sp³-hybridized carbons (Fsp3) is 0.611. The molecule has 0 aromatic heterocycles. The minimum absolute atomic E-state index is 0.0557. The van der Waals surface area contributed by atoms with E-state index in [-0.39, 0.29) is 10.8 Å². The Kier molecular flexibility index (Phi) is 6.91. The SMILES string of the molecule is CCC(=O)N1CCc2cc(Br)cc(S(=O)(=O)NCCCN3CCOCC3)c21. The Bertz CT molecular complexity index is 794. The quantitative estimate of drug-likeness (QED) is 0.628. The third kappa shape index (κ3) is 4.89. The first kappa shape index (κ1) is 20.7. The van der Waals surface area contributed by atoms with E-state index in [2.05, 4.69) is 25.6 Å². The molecule has 0 unspecified atom stereocenters. The van der Waals surface area contributed by atoms with Crippen molar-refractivity contribution in [2.45, 2.75) is 31.1 Å². The summed E-state index contributed by atoms with van der Waals surface area (Å²) in [7, 11) is -3.70. The second kappa shape index (κ2) is 9.00. The number of fused-ring (bicyclic) bond motifs is 1. The van der Waals surface area contributed by atoms with E-state index in [0.29, 0.717) is 36.1 Å². The lowest BCUT2D eigenvalue weighted by Gasteiger charge is -2.26. The van der Waals surface area contributed by atoms with Gasteiger partial charge >= 0.3 is 0 Å². The third-order valence-corrected chi connectivity index (χ3v) is 6.87. The lowest BCUT2D eigenvalue weighted by Crippen LogP contribution is -2.38. The number of morpholine rings is 1. The second-order valence-corrected chi connectivity index (χ2v) is 9.42. The van der Waals surface area contributed by atoms with Crippen molar-refractivity contribution >= 4 is 37.5 Å². The molecule has 1 saturated heterocycles. The molecule has 0 bridgehead atoms. The van der Waals surface area contributed by atoms with Gasteiger partial charge < -0.3 is 9.64 Å². The van der Waals surface area contributed by atoms with Crippen molar-refractivity contribution in [2.24, 2.45) is 0 Å². The summed E-state index contributed by atoms with van der Waals surface area (Å²) in [5.41, 5.74) is 1.42. The van der Waals surface area contributed by atoms with Crippen LogP contribution in [-0.2, 0) is 26.0 Å². The highest BCUT2D eigenvalue weighted by Crippen LogP contribution is 2.37. The molecule has 1 fully saturated rings. The Hall–Kier alpha value is -1.00. The number of anilines is 1. The average Bonchev–Trinajstić information content (AvgIpc) is 3.08. The number of ether oxygens (including phenoxy) is 1. The van der Waals surface area contributed by atoms with Crippen LogP contribution < -0.4 is 9.62 Å². The van der Waals surface area contributed by atoms with Gasteiger partial charge in [-0.1, -0.05) is 22.9 Å². The van der Waals surface area contributed by atoms with Crippen molar-refractivity contribution < 1.29 is 17.9 Å². The smallest absolute Gasteiger partial charge is 0.242 e. The molecule has 1 amide bonds. The predicted octanol–water partition coefficient (Wildman–Crippen LogP) is 1.75. The van der Waals surface area contributed by atoms with Gasteiger partial charge in [0.25, 0.3) is 0 Å². The number of carbonyl (C=O) groups excluding carboxylic acids is 1. The Morgan fingerprint density at radius 3 is 2.70 bits per heavy atom. The summed E-state index contributed by atoms with van der Waals surface area (Å²) in [5.74, 6) is -0.0557. The molecule has 27 heavy (non-hydrogen) atoms. The monoisotopic (exact) mass is 459 g/mol. The largest absolute Gasteiger partial charge is 0.379 e. The molecule has 3 rings (SSSR count). The highest BCUT2D eigenvalue weighted by atomic mass is 79.9. The van der Waals surface area contributed by atoms with Crippen LogP contribution in [0.25, 0.3) is 0 Å². The van der Waals surface area contributed by atoms with Gasteiger partial charge in [-0.15, -0.1) is 0 Å². The molecule has 2 heterocycles. The molecule has 150 valence electrons. The van der Waals surface area contributed by atoms with E-state index in [1.807, 2.05) is 6.07 Å².